The van der Waals surface area contributed by atoms with Crippen LogP contribution in [0.2, 0.25) is 0 Å². The van der Waals surface area contributed by atoms with Crippen LogP contribution in [-0.4, -0.2) is 71.7 Å². The molecule has 4 heterocycles. The highest BCUT2D eigenvalue weighted by Crippen LogP contribution is 2.54. The lowest BCUT2D eigenvalue weighted by Gasteiger charge is -2.36. The number of ether oxygens (including phenoxy) is 1. The number of amides is 3. The van der Waals surface area contributed by atoms with E-state index < -0.39 is 29.6 Å². The minimum atomic E-state index is -1.27. The van der Waals surface area contributed by atoms with E-state index in [2.05, 4.69) is 0 Å². The highest BCUT2D eigenvalue weighted by Gasteiger charge is 2.71. The number of fused-ring (bicyclic) bond motifs is 2. The third-order valence-corrected chi connectivity index (χ3v) is 8.74. The second-order valence-corrected chi connectivity index (χ2v) is 11.1. The van der Waals surface area contributed by atoms with Gasteiger partial charge in [-0.3, -0.25) is 14.4 Å². The van der Waals surface area contributed by atoms with Crippen molar-refractivity contribution in [2.75, 3.05) is 36.0 Å². The number of benzene rings is 2. The van der Waals surface area contributed by atoms with Crippen LogP contribution in [0, 0.1) is 25.7 Å². The Morgan fingerprint density at radius 1 is 0.875 bits per heavy atom. The molecule has 8 heteroatoms. The first kappa shape index (κ1) is 26.5. The Labute approximate surface area is 234 Å². The molecule has 5 atom stereocenters. The molecule has 3 amide bonds. The molecule has 4 aliphatic heterocycles. The van der Waals surface area contributed by atoms with Gasteiger partial charge in [0.15, 0.2) is 0 Å². The van der Waals surface area contributed by atoms with Crippen LogP contribution in [0.1, 0.15) is 24.0 Å². The molecular formula is C32H35N3O5. The standard InChI is InChI=1S/C32H35N3O5/c1-21-11-8-12-22(2)27(21)34-19-10-16-32-26(30(38)35(17-6-7-20-36)28(32)31(34)39)25-24(40-32)15-9-18-33(29(25)37)23-13-4-3-5-14-23/h3-5,8-16,24-26,28,36H,6-7,17-20H2,1-2H3/t24-,25+,26+,28?,32+/m1/s1. The Kier molecular flexibility index (Phi) is 6.84. The van der Waals surface area contributed by atoms with Crippen molar-refractivity contribution in [2.24, 2.45) is 11.8 Å². The SMILES string of the molecule is Cc1cccc(C)c1N1CC=C[C@]23O[C@@H]4C=CCN(c5ccccc5)C(=O)[C@@H]4[C@H]2C(=O)N(CCCCO)C3C1=O. The zero-order chi connectivity index (χ0) is 28.0. The van der Waals surface area contributed by atoms with Crippen molar-refractivity contribution in [2.45, 2.75) is 44.4 Å². The van der Waals surface area contributed by atoms with Gasteiger partial charge < -0.3 is 24.5 Å². The molecule has 2 aromatic rings. The number of aliphatic hydroxyl groups excluding tert-OH is 1. The number of likely N-dealkylation sites (tertiary alicyclic amines) is 1. The summed E-state index contributed by atoms with van der Waals surface area (Å²) in [6.07, 6.45) is 8.01. The van der Waals surface area contributed by atoms with Gasteiger partial charge in [-0.05, 0) is 49.9 Å². The number of nitrogens with zero attached hydrogens (tertiary/aromatic N) is 3. The maximum absolute atomic E-state index is 14.5. The lowest BCUT2D eigenvalue weighted by molar-refractivity contribution is -0.140. The van der Waals surface area contributed by atoms with Crippen LogP contribution in [0.25, 0.3) is 0 Å². The molecule has 208 valence electrons. The van der Waals surface area contributed by atoms with Crippen LogP contribution in [0.3, 0.4) is 0 Å². The van der Waals surface area contributed by atoms with E-state index >= 15 is 0 Å². The second-order valence-electron chi connectivity index (χ2n) is 11.1. The third kappa shape index (κ3) is 4.00. The number of aryl methyl sites for hydroxylation is 2. The minimum Gasteiger partial charge on any atom is -0.396 e. The summed E-state index contributed by atoms with van der Waals surface area (Å²) >= 11 is 0. The fourth-order valence-corrected chi connectivity index (χ4v) is 7.04. The van der Waals surface area contributed by atoms with Gasteiger partial charge in [0.25, 0.3) is 5.91 Å². The first-order chi connectivity index (χ1) is 19.4. The number of hydrogen-bond acceptors (Lipinski definition) is 5. The molecule has 2 saturated heterocycles. The number of anilines is 2. The first-order valence-corrected chi connectivity index (χ1v) is 14.1. The fraction of sp³-hybridized carbons (Fsp3) is 0.406. The normalized spacial score (nSPS) is 29.4. The molecule has 8 nitrogen and oxygen atoms in total. The molecule has 2 fully saturated rings. The zero-order valence-electron chi connectivity index (χ0n) is 22.9. The van der Waals surface area contributed by atoms with Crippen molar-refractivity contribution >= 4 is 29.1 Å². The fourth-order valence-electron chi connectivity index (χ4n) is 7.04. The van der Waals surface area contributed by atoms with Crippen molar-refractivity contribution in [3.63, 3.8) is 0 Å². The van der Waals surface area contributed by atoms with Crippen molar-refractivity contribution in [3.8, 4) is 0 Å². The van der Waals surface area contributed by atoms with Gasteiger partial charge in [-0.1, -0.05) is 60.7 Å². The molecule has 0 aromatic heterocycles. The van der Waals surface area contributed by atoms with Crippen LogP contribution in [0.15, 0.2) is 72.8 Å². The van der Waals surface area contributed by atoms with Gasteiger partial charge in [-0.2, -0.15) is 0 Å². The van der Waals surface area contributed by atoms with Crippen molar-refractivity contribution < 1.29 is 24.2 Å². The quantitative estimate of drug-likeness (QED) is 0.448. The summed E-state index contributed by atoms with van der Waals surface area (Å²) in [5.74, 6) is -2.23. The molecule has 0 bridgehead atoms. The predicted octanol–water partition coefficient (Wildman–Crippen LogP) is 3.16. The van der Waals surface area contributed by atoms with Gasteiger partial charge in [-0.15, -0.1) is 0 Å². The first-order valence-electron chi connectivity index (χ1n) is 14.1. The predicted molar refractivity (Wildman–Crippen MR) is 152 cm³/mol. The second kappa shape index (κ2) is 10.3. The summed E-state index contributed by atoms with van der Waals surface area (Å²) in [6, 6.07) is 14.4. The summed E-state index contributed by atoms with van der Waals surface area (Å²) < 4.78 is 6.74. The number of hydrogen-bond donors (Lipinski definition) is 1. The molecule has 0 radical (unpaired) electrons. The van der Waals surface area contributed by atoms with E-state index in [1.165, 1.54) is 0 Å². The van der Waals surface area contributed by atoms with Crippen LogP contribution >= 0.6 is 0 Å². The Bertz CT molecular complexity index is 1370. The summed E-state index contributed by atoms with van der Waals surface area (Å²) in [6.45, 7) is 4.98. The largest absolute Gasteiger partial charge is 0.396 e. The Morgan fingerprint density at radius 3 is 2.33 bits per heavy atom. The van der Waals surface area contributed by atoms with Crippen molar-refractivity contribution in [3.05, 3.63) is 84.0 Å². The number of carbonyl (C=O) groups excluding carboxylic acids is 3. The molecule has 2 aromatic carbocycles. The summed E-state index contributed by atoms with van der Waals surface area (Å²) in [7, 11) is 0. The highest BCUT2D eigenvalue weighted by atomic mass is 16.5. The van der Waals surface area contributed by atoms with Crippen LogP contribution in [0.5, 0.6) is 0 Å². The topological polar surface area (TPSA) is 90.4 Å². The van der Waals surface area contributed by atoms with Crippen LogP contribution in [0.4, 0.5) is 11.4 Å². The van der Waals surface area contributed by atoms with Gasteiger partial charge in [0.1, 0.15) is 11.6 Å². The van der Waals surface area contributed by atoms with E-state index in [0.717, 1.165) is 22.5 Å². The number of para-hydroxylation sites is 2. The van der Waals surface area contributed by atoms with Crippen molar-refractivity contribution in [1.82, 2.24) is 4.90 Å². The Balaban J connectivity index is 1.44. The molecule has 1 N–H and O–H groups in total. The van der Waals surface area contributed by atoms with Crippen molar-refractivity contribution in [1.29, 1.82) is 0 Å². The molecular weight excluding hydrogens is 506 g/mol. The maximum Gasteiger partial charge on any atom is 0.253 e. The van der Waals surface area contributed by atoms with Gasteiger partial charge in [-0.25, -0.2) is 0 Å². The molecule has 0 aliphatic carbocycles. The molecule has 0 saturated carbocycles. The number of unbranched alkanes of at least 4 members (excludes halogenated alkanes) is 1. The van der Waals surface area contributed by atoms with E-state index in [4.69, 9.17) is 4.74 Å². The smallest absolute Gasteiger partial charge is 0.253 e. The minimum absolute atomic E-state index is 0.000162. The van der Waals surface area contributed by atoms with Crippen LogP contribution < -0.4 is 9.80 Å². The van der Waals surface area contributed by atoms with Gasteiger partial charge >= 0.3 is 0 Å². The molecule has 4 aliphatic rings. The monoisotopic (exact) mass is 541 g/mol. The van der Waals surface area contributed by atoms with E-state index in [1.807, 2.05) is 86.7 Å². The summed E-state index contributed by atoms with van der Waals surface area (Å²) in [5.41, 5.74) is 2.26. The van der Waals surface area contributed by atoms with Crippen LogP contribution in [-0.2, 0) is 19.1 Å². The maximum atomic E-state index is 14.5. The van der Waals surface area contributed by atoms with E-state index in [1.54, 1.807) is 14.7 Å². The highest BCUT2D eigenvalue weighted by molar-refractivity contribution is 6.07. The average Bonchev–Trinajstić information content (AvgIpc) is 3.25. The zero-order valence-corrected chi connectivity index (χ0v) is 22.9. The number of rotatable bonds is 6. The lowest BCUT2D eigenvalue weighted by atomic mass is 9.77. The number of aliphatic hydroxyl groups is 1. The number of carbonyl (C=O) groups is 3. The Hall–Kier alpha value is -3.75. The molecule has 1 unspecified atom stereocenters. The van der Waals surface area contributed by atoms with Gasteiger partial charge in [0, 0.05) is 37.6 Å². The summed E-state index contributed by atoms with van der Waals surface area (Å²) in [5, 5.41) is 9.43. The molecule has 6 rings (SSSR count). The third-order valence-electron chi connectivity index (χ3n) is 8.74. The molecule has 1 spiro atoms. The van der Waals surface area contributed by atoms with Gasteiger partial charge in [0.05, 0.1) is 17.9 Å². The Morgan fingerprint density at radius 2 is 1.60 bits per heavy atom. The lowest BCUT2D eigenvalue weighted by Crippen LogP contribution is -2.55. The van der Waals surface area contributed by atoms with E-state index in [-0.39, 0.29) is 24.3 Å². The van der Waals surface area contributed by atoms with E-state index in [0.29, 0.717) is 32.5 Å². The average molecular weight is 542 g/mol. The van der Waals surface area contributed by atoms with Gasteiger partial charge in [0.2, 0.25) is 11.8 Å². The summed E-state index contributed by atoms with van der Waals surface area (Å²) in [4.78, 5) is 48.1. The van der Waals surface area contributed by atoms with E-state index in [9.17, 15) is 19.5 Å². The molecule has 40 heavy (non-hydrogen) atoms.